The van der Waals surface area contributed by atoms with Gasteiger partial charge in [0.1, 0.15) is 0 Å². The third-order valence-electron chi connectivity index (χ3n) is 3.67. The average Bonchev–Trinajstić information content (AvgIpc) is 2.43. The van der Waals surface area contributed by atoms with E-state index in [1.165, 1.54) is 12.8 Å². The second kappa shape index (κ2) is 8.65. The first kappa shape index (κ1) is 17.5. The van der Waals surface area contributed by atoms with Crippen LogP contribution in [0, 0.1) is 12.8 Å². The molecule has 0 aromatic heterocycles. The molecule has 0 saturated carbocycles. The zero-order valence-corrected chi connectivity index (χ0v) is 14.1. The molecule has 1 aliphatic rings. The Bertz CT molecular complexity index is 447. The lowest BCUT2D eigenvalue weighted by Gasteiger charge is -2.22. The second-order valence-electron chi connectivity index (χ2n) is 5.22. The smallest absolute Gasteiger partial charge is 0.251 e. The second-order valence-corrected chi connectivity index (χ2v) is 6.08. The van der Waals surface area contributed by atoms with Gasteiger partial charge in [-0.2, -0.15) is 0 Å². The maximum Gasteiger partial charge on any atom is 0.251 e. The van der Waals surface area contributed by atoms with Crippen molar-refractivity contribution in [3.8, 4) is 0 Å². The molecule has 1 heterocycles. The van der Waals surface area contributed by atoms with Crippen LogP contribution in [0.3, 0.4) is 0 Å². The van der Waals surface area contributed by atoms with Crippen LogP contribution in [0.5, 0.6) is 0 Å². The Morgan fingerprint density at radius 3 is 2.95 bits per heavy atom. The number of carbonyl (C=O) groups excluding carboxylic acids is 1. The molecule has 5 heteroatoms. The van der Waals surface area contributed by atoms with Gasteiger partial charge >= 0.3 is 0 Å². The minimum Gasteiger partial charge on any atom is -0.352 e. The fourth-order valence-corrected chi connectivity index (χ4v) is 2.78. The fraction of sp³-hybridized carbons (Fsp3) is 0.533. The van der Waals surface area contributed by atoms with Gasteiger partial charge < -0.3 is 10.6 Å². The average molecular weight is 362 g/mol. The predicted molar refractivity (Wildman–Crippen MR) is 88.7 cm³/mol. The van der Waals surface area contributed by atoms with E-state index in [1.54, 1.807) is 0 Å². The van der Waals surface area contributed by atoms with E-state index in [0.29, 0.717) is 5.92 Å². The van der Waals surface area contributed by atoms with Crippen LogP contribution in [0.2, 0.25) is 0 Å². The van der Waals surface area contributed by atoms with Gasteiger partial charge in [-0.25, -0.2) is 0 Å². The van der Waals surface area contributed by atoms with Crippen molar-refractivity contribution in [1.29, 1.82) is 0 Å². The molecule has 20 heavy (non-hydrogen) atoms. The summed E-state index contributed by atoms with van der Waals surface area (Å²) in [7, 11) is 0. The van der Waals surface area contributed by atoms with Crippen LogP contribution in [0.15, 0.2) is 22.7 Å². The Balaban J connectivity index is 0.00000200. The van der Waals surface area contributed by atoms with E-state index in [1.807, 2.05) is 25.1 Å². The van der Waals surface area contributed by atoms with E-state index in [2.05, 4.69) is 26.6 Å². The van der Waals surface area contributed by atoms with E-state index in [0.717, 1.165) is 41.7 Å². The van der Waals surface area contributed by atoms with Gasteiger partial charge in [-0.1, -0.05) is 22.0 Å². The van der Waals surface area contributed by atoms with Gasteiger partial charge in [-0.05, 0) is 62.9 Å². The maximum atomic E-state index is 12.0. The molecule has 1 aliphatic heterocycles. The van der Waals surface area contributed by atoms with Crippen molar-refractivity contribution in [2.75, 3.05) is 19.6 Å². The molecule has 3 nitrogen and oxygen atoms in total. The quantitative estimate of drug-likeness (QED) is 0.864. The van der Waals surface area contributed by atoms with Crippen molar-refractivity contribution >= 4 is 34.2 Å². The summed E-state index contributed by atoms with van der Waals surface area (Å²) in [5, 5.41) is 6.40. The highest BCUT2D eigenvalue weighted by Crippen LogP contribution is 2.17. The van der Waals surface area contributed by atoms with Crippen LogP contribution >= 0.6 is 28.3 Å². The van der Waals surface area contributed by atoms with Crippen LogP contribution in [0.1, 0.15) is 35.2 Å². The van der Waals surface area contributed by atoms with E-state index in [4.69, 9.17) is 0 Å². The van der Waals surface area contributed by atoms with Crippen molar-refractivity contribution < 1.29 is 4.79 Å². The molecular weight excluding hydrogens is 340 g/mol. The molecule has 1 unspecified atom stereocenters. The molecule has 1 aromatic carbocycles. The van der Waals surface area contributed by atoms with Gasteiger partial charge in [0, 0.05) is 16.6 Å². The lowest BCUT2D eigenvalue weighted by molar-refractivity contribution is 0.0950. The fourth-order valence-electron chi connectivity index (χ4n) is 2.40. The molecule has 1 fully saturated rings. The monoisotopic (exact) mass is 360 g/mol. The van der Waals surface area contributed by atoms with Crippen molar-refractivity contribution in [3.63, 3.8) is 0 Å². The summed E-state index contributed by atoms with van der Waals surface area (Å²) in [6.45, 7) is 5.00. The van der Waals surface area contributed by atoms with E-state index in [9.17, 15) is 4.79 Å². The molecule has 1 saturated heterocycles. The Morgan fingerprint density at radius 2 is 2.30 bits per heavy atom. The van der Waals surface area contributed by atoms with Gasteiger partial charge in [0.05, 0.1) is 0 Å². The zero-order valence-electron chi connectivity index (χ0n) is 11.7. The third kappa shape index (κ3) is 5.08. The Kier molecular flexibility index (Phi) is 7.56. The van der Waals surface area contributed by atoms with E-state index in [-0.39, 0.29) is 18.3 Å². The Morgan fingerprint density at radius 1 is 1.50 bits per heavy atom. The van der Waals surface area contributed by atoms with Crippen molar-refractivity contribution in [3.05, 3.63) is 33.8 Å². The molecule has 0 aliphatic carbocycles. The number of rotatable bonds is 4. The van der Waals surface area contributed by atoms with Crippen LogP contribution in [-0.2, 0) is 0 Å². The van der Waals surface area contributed by atoms with E-state index >= 15 is 0 Å². The highest BCUT2D eigenvalue weighted by molar-refractivity contribution is 9.10. The number of benzene rings is 1. The molecule has 1 atom stereocenters. The number of aryl methyl sites for hydroxylation is 1. The number of halogens is 2. The molecule has 2 N–H and O–H groups in total. The van der Waals surface area contributed by atoms with Crippen molar-refractivity contribution in [1.82, 2.24) is 10.6 Å². The molecular formula is C15H22BrClN2O. The summed E-state index contributed by atoms with van der Waals surface area (Å²) in [5.41, 5.74) is 1.86. The van der Waals surface area contributed by atoms with Gasteiger partial charge in [0.25, 0.3) is 5.91 Å². The SMILES string of the molecule is Cc1ccc(C(=O)NCCC2CCCNC2)cc1Br.Cl. The molecule has 0 radical (unpaired) electrons. The maximum absolute atomic E-state index is 12.0. The highest BCUT2D eigenvalue weighted by Gasteiger charge is 2.13. The molecule has 1 amide bonds. The molecule has 0 spiro atoms. The van der Waals surface area contributed by atoms with Gasteiger partial charge in [-0.15, -0.1) is 12.4 Å². The molecule has 0 bridgehead atoms. The zero-order chi connectivity index (χ0) is 13.7. The Labute approximate surface area is 135 Å². The van der Waals surface area contributed by atoms with Crippen LogP contribution in [0.4, 0.5) is 0 Å². The highest BCUT2D eigenvalue weighted by atomic mass is 79.9. The summed E-state index contributed by atoms with van der Waals surface area (Å²) >= 11 is 3.46. The van der Waals surface area contributed by atoms with Gasteiger partial charge in [0.2, 0.25) is 0 Å². The molecule has 2 rings (SSSR count). The minimum absolute atomic E-state index is 0. The summed E-state index contributed by atoms with van der Waals surface area (Å²) in [4.78, 5) is 12.0. The standard InChI is InChI=1S/C15H21BrN2O.ClH/c1-11-4-5-13(9-14(11)16)15(19)18-8-6-12-3-2-7-17-10-12;/h4-5,9,12,17H,2-3,6-8,10H2,1H3,(H,18,19);1H. The summed E-state index contributed by atoms with van der Waals surface area (Å²) in [5.74, 6) is 0.725. The Hall–Kier alpha value is -0.580. The number of hydrogen-bond donors (Lipinski definition) is 2. The topological polar surface area (TPSA) is 41.1 Å². The molecule has 112 valence electrons. The first-order valence-corrected chi connectivity index (χ1v) is 7.71. The van der Waals surface area contributed by atoms with Gasteiger partial charge in [0.15, 0.2) is 0 Å². The first-order chi connectivity index (χ1) is 9.16. The van der Waals surface area contributed by atoms with Crippen LogP contribution in [-0.4, -0.2) is 25.5 Å². The largest absolute Gasteiger partial charge is 0.352 e. The summed E-state index contributed by atoms with van der Waals surface area (Å²) < 4.78 is 0.983. The van der Waals surface area contributed by atoms with Crippen LogP contribution < -0.4 is 10.6 Å². The number of carbonyl (C=O) groups is 1. The summed E-state index contributed by atoms with van der Waals surface area (Å²) in [6.07, 6.45) is 3.59. The lowest BCUT2D eigenvalue weighted by atomic mass is 9.96. The summed E-state index contributed by atoms with van der Waals surface area (Å²) in [6, 6.07) is 5.72. The number of hydrogen-bond acceptors (Lipinski definition) is 2. The number of amides is 1. The minimum atomic E-state index is 0. The van der Waals surface area contributed by atoms with E-state index < -0.39 is 0 Å². The molecule has 1 aromatic rings. The normalized spacial score (nSPS) is 18.2. The first-order valence-electron chi connectivity index (χ1n) is 6.92. The number of piperidine rings is 1. The lowest BCUT2D eigenvalue weighted by Crippen LogP contribution is -2.33. The van der Waals surface area contributed by atoms with Crippen molar-refractivity contribution in [2.24, 2.45) is 5.92 Å². The third-order valence-corrected chi connectivity index (χ3v) is 4.53. The number of nitrogens with one attached hydrogen (secondary N) is 2. The predicted octanol–water partition coefficient (Wildman–Crippen LogP) is 3.30. The van der Waals surface area contributed by atoms with Gasteiger partial charge in [-0.3, -0.25) is 4.79 Å². The van der Waals surface area contributed by atoms with Crippen LogP contribution in [0.25, 0.3) is 0 Å². The van der Waals surface area contributed by atoms with Crippen molar-refractivity contribution in [2.45, 2.75) is 26.2 Å².